The Morgan fingerprint density at radius 2 is 1.94 bits per heavy atom. The van der Waals surface area contributed by atoms with Gasteiger partial charge in [0, 0.05) is 18.8 Å². The highest BCUT2D eigenvalue weighted by Crippen LogP contribution is 2.29. The molecule has 1 aromatic carbocycles. The number of aryl methyl sites for hydroxylation is 1. The van der Waals surface area contributed by atoms with Crippen LogP contribution in [0.5, 0.6) is 0 Å². The van der Waals surface area contributed by atoms with E-state index in [0.717, 1.165) is 18.4 Å². The van der Waals surface area contributed by atoms with E-state index in [1.54, 1.807) is 0 Å². The van der Waals surface area contributed by atoms with Gasteiger partial charge in [0.25, 0.3) is 0 Å². The predicted molar refractivity (Wildman–Crippen MR) is 68.4 cm³/mol. The maximum Gasteiger partial charge on any atom is 0.115 e. The molecule has 1 saturated heterocycles. The molecule has 0 aromatic heterocycles. The Kier molecular flexibility index (Phi) is 2.87. The highest BCUT2D eigenvalue weighted by atomic mass is 19.1. The van der Waals surface area contributed by atoms with Crippen molar-refractivity contribution >= 4 is 6.08 Å². The average Bonchev–Trinajstić information content (AvgIpc) is 2.91. The van der Waals surface area contributed by atoms with Crippen molar-refractivity contribution in [2.45, 2.75) is 32.4 Å². The Labute approximate surface area is 102 Å². The number of benzene rings is 1. The van der Waals surface area contributed by atoms with Gasteiger partial charge >= 0.3 is 0 Å². The molecule has 0 radical (unpaired) electrons. The molecule has 2 aliphatic rings. The van der Waals surface area contributed by atoms with Gasteiger partial charge in [0.1, 0.15) is 6.67 Å². The van der Waals surface area contributed by atoms with Crippen molar-refractivity contribution in [2.75, 3.05) is 13.1 Å². The van der Waals surface area contributed by atoms with Crippen LogP contribution in [0.4, 0.5) is 4.39 Å². The fraction of sp³-hybridized carbons (Fsp3) is 0.467. The maximum absolute atomic E-state index is 12.6. The molecule has 0 spiro atoms. The Morgan fingerprint density at radius 1 is 1.12 bits per heavy atom. The van der Waals surface area contributed by atoms with Gasteiger partial charge in [-0.05, 0) is 48.4 Å². The molecule has 1 fully saturated rings. The fourth-order valence-electron chi connectivity index (χ4n) is 2.87. The van der Waals surface area contributed by atoms with Crippen molar-refractivity contribution in [1.82, 2.24) is 4.90 Å². The van der Waals surface area contributed by atoms with E-state index in [9.17, 15) is 4.39 Å². The van der Waals surface area contributed by atoms with Crippen LogP contribution >= 0.6 is 0 Å². The number of rotatable bonds is 2. The van der Waals surface area contributed by atoms with E-state index in [-0.39, 0.29) is 6.67 Å². The van der Waals surface area contributed by atoms with Gasteiger partial charge in [-0.1, -0.05) is 18.2 Å². The largest absolute Gasteiger partial charge is 0.375 e. The summed E-state index contributed by atoms with van der Waals surface area (Å²) in [7, 11) is 0. The lowest BCUT2D eigenvalue weighted by Crippen LogP contribution is -2.20. The number of halogens is 1. The zero-order chi connectivity index (χ0) is 11.7. The smallest absolute Gasteiger partial charge is 0.115 e. The highest BCUT2D eigenvalue weighted by Gasteiger charge is 2.18. The van der Waals surface area contributed by atoms with Crippen LogP contribution in [0, 0.1) is 0 Å². The highest BCUT2D eigenvalue weighted by molar-refractivity contribution is 5.60. The summed E-state index contributed by atoms with van der Waals surface area (Å²) in [6.07, 6.45) is 7.12. The Bertz CT molecular complexity index is 444. The van der Waals surface area contributed by atoms with Crippen molar-refractivity contribution in [2.24, 2.45) is 0 Å². The summed E-state index contributed by atoms with van der Waals surface area (Å²) in [4.78, 5) is 2.51. The summed E-state index contributed by atoms with van der Waals surface area (Å²) in [5, 5.41) is 0. The molecule has 1 nitrogen and oxygen atoms in total. The maximum atomic E-state index is 12.6. The lowest BCUT2D eigenvalue weighted by Gasteiger charge is -2.25. The lowest BCUT2D eigenvalue weighted by atomic mass is 9.93. The van der Waals surface area contributed by atoms with Gasteiger partial charge in [-0.3, -0.25) is 0 Å². The summed E-state index contributed by atoms with van der Waals surface area (Å²) >= 11 is 0. The quantitative estimate of drug-likeness (QED) is 0.752. The van der Waals surface area contributed by atoms with Gasteiger partial charge in [-0.2, -0.15) is 0 Å². The molecule has 1 aromatic rings. The molecule has 0 unspecified atom stereocenters. The lowest BCUT2D eigenvalue weighted by molar-refractivity contribution is 0.411. The van der Waals surface area contributed by atoms with Crippen molar-refractivity contribution in [3.63, 3.8) is 0 Å². The molecule has 1 aliphatic heterocycles. The first-order valence-corrected chi connectivity index (χ1v) is 6.50. The second kappa shape index (κ2) is 4.52. The summed E-state index contributed by atoms with van der Waals surface area (Å²) in [6.45, 7) is 2.07. The molecular formula is C15H18FN. The number of likely N-dealkylation sites (tertiary alicyclic amines) is 1. The molecule has 2 heteroatoms. The van der Waals surface area contributed by atoms with Crippen LogP contribution in [0.1, 0.15) is 36.0 Å². The third kappa shape index (κ3) is 2.08. The summed E-state index contributed by atoms with van der Waals surface area (Å²) in [5.41, 5.74) is 4.88. The van der Waals surface area contributed by atoms with Crippen LogP contribution < -0.4 is 0 Å². The monoisotopic (exact) mass is 231 g/mol. The van der Waals surface area contributed by atoms with E-state index in [1.165, 1.54) is 42.8 Å². The van der Waals surface area contributed by atoms with Crippen molar-refractivity contribution in [3.05, 3.63) is 40.6 Å². The zero-order valence-electron chi connectivity index (χ0n) is 10.1. The van der Waals surface area contributed by atoms with Crippen LogP contribution in [-0.2, 0) is 13.1 Å². The van der Waals surface area contributed by atoms with Gasteiger partial charge in [-0.25, -0.2) is 4.39 Å². The molecule has 1 aliphatic carbocycles. The number of hydrogen-bond donors (Lipinski definition) is 0. The van der Waals surface area contributed by atoms with E-state index >= 15 is 0 Å². The third-order valence-corrected chi connectivity index (χ3v) is 3.85. The summed E-state index contributed by atoms with van der Waals surface area (Å²) in [6, 6.07) is 5.99. The van der Waals surface area contributed by atoms with E-state index in [4.69, 9.17) is 0 Å². The number of fused-ring (bicyclic) bond motifs is 1. The SMILES string of the molecule is FCc1ccc2c(c1)CCC(N1CCCC1)=C2. The van der Waals surface area contributed by atoms with E-state index in [2.05, 4.69) is 17.0 Å². The Morgan fingerprint density at radius 3 is 2.71 bits per heavy atom. The van der Waals surface area contributed by atoms with Gasteiger partial charge < -0.3 is 4.90 Å². The average molecular weight is 231 g/mol. The minimum atomic E-state index is -0.351. The van der Waals surface area contributed by atoms with Crippen LogP contribution in [0.3, 0.4) is 0 Å². The van der Waals surface area contributed by atoms with Gasteiger partial charge in [-0.15, -0.1) is 0 Å². The number of hydrogen-bond acceptors (Lipinski definition) is 1. The number of nitrogens with zero attached hydrogens (tertiary/aromatic N) is 1. The van der Waals surface area contributed by atoms with Crippen LogP contribution in [0.2, 0.25) is 0 Å². The molecule has 0 saturated carbocycles. The topological polar surface area (TPSA) is 3.24 Å². The Hall–Kier alpha value is -1.31. The normalized spacial score (nSPS) is 19.1. The van der Waals surface area contributed by atoms with Crippen LogP contribution in [0.25, 0.3) is 6.08 Å². The van der Waals surface area contributed by atoms with E-state index < -0.39 is 0 Å². The van der Waals surface area contributed by atoms with Gasteiger partial charge in [0.2, 0.25) is 0 Å². The second-order valence-electron chi connectivity index (χ2n) is 5.00. The minimum absolute atomic E-state index is 0.351. The first kappa shape index (κ1) is 10.8. The molecule has 17 heavy (non-hydrogen) atoms. The second-order valence-corrected chi connectivity index (χ2v) is 5.00. The summed E-state index contributed by atoms with van der Waals surface area (Å²) < 4.78 is 12.6. The molecule has 3 rings (SSSR count). The molecule has 0 N–H and O–H groups in total. The first-order valence-electron chi connectivity index (χ1n) is 6.50. The predicted octanol–water partition coefficient (Wildman–Crippen LogP) is 3.54. The molecule has 90 valence electrons. The van der Waals surface area contributed by atoms with E-state index in [1.807, 2.05) is 12.1 Å². The molecule has 0 amide bonds. The van der Waals surface area contributed by atoms with Gasteiger partial charge in [0.15, 0.2) is 0 Å². The molecule has 0 atom stereocenters. The molecule has 0 bridgehead atoms. The number of allylic oxidation sites excluding steroid dienone is 1. The van der Waals surface area contributed by atoms with Crippen molar-refractivity contribution in [3.8, 4) is 0 Å². The third-order valence-electron chi connectivity index (χ3n) is 3.85. The van der Waals surface area contributed by atoms with Crippen LogP contribution in [0.15, 0.2) is 23.9 Å². The van der Waals surface area contributed by atoms with Crippen molar-refractivity contribution in [1.29, 1.82) is 0 Å². The van der Waals surface area contributed by atoms with Crippen LogP contribution in [-0.4, -0.2) is 18.0 Å². The van der Waals surface area contributed by atoms with Crippen molar-refractivity contribution < 1.29 is 4.39 Å². The van der Waals surface area contributed by atoms with E-state index in [0.29, 0.717) is 0 Å². The Balaban J connectivity index is 1.88. The molecular weight excluding hydrogens is 213 g/mol. The standard InChI is InChI=1S/C15H18FN/c16-11-12-3-4-14-10-15(6-5-13(14)9-12)17-7-1-2-8-17/h3-4,9-10H,1-2,5-8,11H2. The first-order chi connectivity index (χ1) is 8.36. The minimum Gasteiger partial charge on any atom is -0.375 e. The van der Waals surface area contributed by atoms with Gasteiger partial charge in [0.05, 0.1) is 0 Å². The number of alkyl halides is 1. The molecule has 1 heterocycles. The zero-order valence-corrected chi connectivity index (χ0v) is 10.1. The summed E-state index contributed by atoms with van der Waals surface area (Å²) in [5.74, 6) is 0. The fourth-order valence-corrected chi connectivity index (χ4v) is 2.87.